The number of hydrogen-bond acceptors (Lipinski definition) is 12. The molecule has 17 heteroatoms. The van der Waals surface area contributed by atoms with Gasteiger partial charge in [0.05, 0.1) is 0 Å². The molecular formula is C34H45BrN4O12. The molecule has 1 aromatic heterocycles. The van der Waals surface area contributed by atoms with Crippen LogP contribution in [-0.2, 0) is 38.1 Å². The van der Waals surface area contributed by atoms with Crippen molar-refractivity contribution in [1.29, 1.82) is 0 Å². The van der Waals surface area contributed by atoms with E-state index in [9.17, 15) is 34.2 Å². The molecule has 0 bridgehead atoms. The first-order chi connectivity index (χ1) is 24.3. The predicted octanol–water partition coefficient (Wildman–Crippen LogP) is 2.04. The molecule has 8 atom stereocenters. The van der Waals surface area contributed by atoms with Gasteiger partial charge in [0.15, 0.2) is 24.2 Å². The molecule has 1 unspecified atom stereocenters. The number of anilines is 1. The molecule has 16 nitrogen and oxygen atoms in total. The largest absolute Gasteiger partial charge is 0.456 e. The SMILES string of the molecule is CCCCCCCCCC(=O)O[C@@H]1[C@H](OC)[C@@H](C(O[C@H]2OC(C(=O)Nc3ccc(Br)c(C)c3)=C[C@H](O)[C@@H]2O)C(N)=O)O[C@H]1n1ccc(=O)[nH]c1=O. The Hall–Kier alpha value is -3.87. The second-order valence-corrected chi connectivity index (χ2v) is 13.3. The topological polar surface area (TPSA) is 231 Å². The van der Waals surface area contributed by atoms with E-state index in [-0.39, 0.29) is 6.42 Å². The Kier molecular flexibility index (Phi) is 14.5. The highest BCUT2D eigenvalue weighted by molar-refractivity contribution is 9.10. The van der Waals surface area contributed by atoms with Gasteiger partial charge in [-0.15, -0.1) is 0 Å². The molecule has 0 spiro atoms. The van der Waals surface area contributed by atoms with Crippen LogP contribution in [0.25, 0.3) is 0 Å². The number of carbonyl (C=O) groups is 3. The number of nitrogens with zero attached hydrogens (tertiary/aromatic N) is 1. The normalized spacial score (nSPS) is 25.1. The number of methoxy groups -OCH3 is 1. The van der Waals surface area contributed by atoms with Gasteiger partial charge in [-0.25, -0.2) is 4.79 Å². The van der Waals surface area contributed by atoms with E-state index in [1.807, 2.05) is 6.92 Å². The molecule has 0 radical (unpaired) electrons. The van der Waals surface area contributed by atoms with Crippen molar-refractivity contribution < 1.29 is 48.3 Å². The fraction of sp³-hybridized carbons (Fsp3) is 0.559. The Morgan fingerprint density at radius 2 is 1.78 bits per heavy atom. The minimum Gasteiger partial charge on any atom is -0.456 e. The molecule has 51 heavy (non-hydrogen) atoms. The van der Waals surface area contributed by atoms with Crippen molar-refractivity contribution in [2.45, 2.75) is 114 Å². The lowest BCUT2D eigenvalue weighted by molar-refractivity contribution is -0.241. The number of nitrogens with two attached hydrogens (primary N) is 1. The van der Waals surface area contributed by atoms with Crippen molar-refractivity contribution in [3.05, 3.63) is 73.2 Å². The molecule has 2 aromatic rings. The number of esters is 1. The Balaban J connectivity index is 1.54. The summed E-state index contributed by atoms with van der Waals surface area (Å²) in [5.41, 5.74) is 5.40. The zero-order valence-corrected chi connectivity index (χ0v) is 30.2. The first kappa shape index (κ1) is 39.9. The maximum absolute atomic E-state index is 13.1. The van der Waals surface area contributed by atoms with Crippen molar-refractivity contribution in [2.75, 3.05) is 12.4 Å². The number of halogens is 1. The summed E-state index contributed by atoms with van der Waals surface area (Å²) >= 11 is 3.39. The number of primary amides is 1. The van der Waals surface area contributed by atoms with E-state index in [4.69, 9.17) is 29.4 Å². The highest BCUT2D eigenvalue weighted by Gasteiger charge is 2.54. The minimum atomic E-state index is -1.83. The van der Waals surface area contributed by atoms with E-state index in [0.717, 1.165) is 71.5 Å². The molecule has 2 aliphatic heterocycles. The molecule has 0 aliphatic carbocycles. The van der Waals surface area contributed by atoms with Crippen LogP contribution in [-0.4, -0.2) is 87.6 Å². The summed E-state index contributed by atoms with van der Waals surface area (Å²) < 4.78 is 30.7. The van der Waals surface area contributed by atoms with Gasteiger partial charge in [0.2, 0.25) is 12.2 Å². The van der Waals surface area contributed by atoms with Crippen LogP contribution in [0.5, 0.6) is 0 Å². The molecule has 4 rings (SSSR count). The number of ether oxygens (including phenoxy) is 5. The molecule has 3 heterocycles. The van der Waals surface area contributed by atoms with E-state index < -0.39 is 83.9 Å². The van der Waals surface area contributed by atoms with Gasteiger partial charge in [-0.3, -0.25) is 28.7 Å². The number of aliphatic hydroxyl groups excluding tert-OH is 2. The number of aromatic amines is 1. The summed E-state index contributed by atoms with van der Waals surface area (Å²) in [6.45, 7) is 3.95. The van der Waals surface area contributed by atoms with E-state index in [2.05, 4.69) is 33.2 Å². The van der Waals surface area contributed by atoms with Crippen molar-refractivity contribution in [3.8, 4) is 0 Å². The molecule has 6 N–H and O–H groups in total. The number of amides is 2. The number of benzene rings is 1. The summed E-state index contributed by atoms with van der Waals surface area (Å²) in [6.07, 6.45) is -3.70. The number of H-pyrrole nitrogens is 1. The predicted molar refractivity (Wildman–Crippen MR) is 185 cm³/mol. The standard InChI is InChI=1S/C34H45BrN4O12/c1-4-5-6-7-8-9-10-11-24(42)49-29-26(47-3)27(50-32(29)39-15-14-23(41)38-34(39)46)28(30(36)44)51-33-25(43)21(40)17-22(48-33)31(45)37-19-12-13-20(35)18(2)16-19/h12-17,21,25-29,32-33,40,43H,4-11H2,1-3H3,(H2,36,44)(H,37,45)(H,38,41,46)/t21-,25-,26+,27-,28?,29+,32+,33+/m0/s1. The highest BCUT2D eigenvalue weighted by Crippen LogP contribution is 2.36. The fourth-order valence-electron chi connectivity index (χ4n) is 5.84. The summed E-state index contributed by atoms with van der Waals surface area (Å²) in [7, 11) is 1.25. The van der Waals surface area contributed by atoms with Crippen molar-refractivity contribution in [2.24, 2.45) is 5.73 Å². The van der Waals surface area contributed by atoms with Crippen LogP contribution in [0.15, 0.2) is 56.4 Å². The Bertz CT molecular complexity index is 1680. The van der Waals surface area contributed by atoms with Crippen molar-refractivity contribution >= 4 is 39.4 Å². The Morgan fingerprint density at radius 1 is 1.08 bits per heavy atom. The second-order valence-electron chi connectivity index (χ2n) is 12.4. The van der Waals surface area contributed by atoms with Crippen LogP contribution < -0.4 is 22.3 Å². The van der Waals surface area contributed by atoms with Crippen LogP contribution in [0.2, 0.25) is 0 Å². The van der Waals surface area contributed by atoms with Crippen LogP contribution >= 0.6 is 15.9 Å². The first-order valence-corrected chi connectivity index (χ1v) is 17.6. The van der Waals surface area contributed by atoms with Crippen LogP contribution in [0.3, 0.4) is 0 Å². The summed E-state index contributed by atoms with van der Waals surface area (Å²) in [5.74, 6) is -2.97. The lowest BCUT2D eigenvalue weighted by Gasteiger charge is -2.35. The van der Waals surface area contributed by atoms with Gasteiger partial charge in [-0.05, 0) is 43.2 Å². The quantitative estimate of drug-likeness (QED) is 0.115. The maximum Gasteiger partial charge on any atom is 0.330 e. The lowest BCUT2D eigenvalue weighted by atomic mass is 10.0. The zero-order chi connectivity index (χ0) is 37.2. The van der Waals surface area contributed by atoms with E-state index in [0.29, 0.717) is 12.1 Å². The van der Waals surface area contributed by atoms with E-state index in [1.54, 1.807) is 18.2 Å². The number of aryl methyl sites for hydroxylation is 1. The van der Waals surface area contributed by atoms with Gasteiger partial charge >= 0.3 is 11.7 Å². The molecule has 2 amide bonds. The number of nitrogens with one attached hydrogen (secondary N) is 2. The molecule has 280 valence electrons. The average Bonchev–Trinajstić information content (AvgIpc) is 3.43. The van der Waals surface area contributed by atoms with Crippen LogP contribution in [0, 0.1) is 6.92 Å². The number of rotatable bonds is 17. The Morgan fingerprint density at radius 3 is 2.43 bits per heavy atom. The third kappa shape index (κ3) is 10.4. The zero-order valence-electron chi connectivity index (χ0n) is 28.6. The van der Waals surface area contributed by atoms with Gasteiger partial charge in [0, 0.05) is 36.0 Å². The summed E-state index contributed by atoms with van der Waals surface area (Å²) in [6, 6.07) is 6.11. The fourth-order valence-corrected chi connectivity index (χ4v) is 6.09. The molecule has 1 saturated heterocycles. The van der Waals surface area contributed by atoms with Crippen LogP contribution in [0.4, 0.5) is 5.69 Å². The van der Waals surface area contributed by atoms with Gasteiger partial charge in [0.25, 0.3) is 11.5 Å². The number of unbranched alkanes of at least 4 members (excludes halogenated alkanes) is 6. The Labute approximate surface area is 302 Å². The number of carbonyl (C=O) groups excluding carboxylic acids is 3. The van der Waals surface area contributed by atoms with Gasteiger partial charge in [-0.2, -0.15) is 0 Å². The third-order valence-corrected chi connectivity index (χ3v) is 9.46. The second kappa shape index (κ2) is 18.6. The smallest absolute Gasteiger partial charge is 0.330 e. The van der Waals surface area contributed by atoms with E-state index >= 15 is 0 Å². The van der Waals surface area contributed by atoms with Gasteiger partial charge in [0.1, 0.15) is 24.4 Å². The molecule has 2 aliphatic rings. The average molecular weight is 782 g/mol. The maximum atomic E-state index is 13.1. The lowest BCUT2D eigenvalue weighted by Crippen LogP contribution is -2.54. The molecule has 1 fully saturated rings. The minimum absolute atomic E-state index is 0.0609. The molecular weight excluding hydrogens is 736 g/mol. The van der Waals surface area contributed by atoms with Gasteiger partial charge < -0.3 is 44.9 Å². The van der Waals surface area contributed by atoms with E-state index in [1.165, 1.54) is 7.11 Å². The molecule has 1 aromatic carbocycles. The summed E-state index contributed by atoms with van der Waals surface area (Å²) in [4.78, 5) is 65.8. The highest BCUT2D eigenvalue weighted by atomic mass is 79.9. The number of hydrogen-bond donors (Lipinski definition) is 5. The first-order valence-electron chi connectivity index (χ1n) is 16.8. The number of aliphatic hydroxyl groups is 2. The monoisotopic (exact) mass is 780 g/mol. The van der Waals surface area contributed by atoms with Crippen LogP contribution in [0.1, 0.15) is 70.1 Å². The number of aromatic nitrogens is 2. The summed E-state index contributed by atoms with van der Waals surface area (Å²) in [5, 5.41) is 24.0. The van der Waals surface area contributed by atoms with Crippen molar-refractivity contribution in [1.82, 2.24) is 9.55 Å². The van der Waals surface area contributed by atoms with Crippen molar-refractivity contribution in [3.63, 3.8) is 0 Å². The van der Waals surface area contributed by atoms with Gasteiger partial charge in [-0.1, -0.05) is 61.4 Å². The third-order valence-electron chi connectivity index (χ3n) is 8.57. The molecule has 0 saturated carbocycles.